The molecule has 1 fully saturated rings. The van der Waals surface area contributed by atoms with E-state index >= 15 is 0 Å². The van der Waals surface area contributed by atoms with Crippen molar-refractivity contribution in [1.82, 2.24) is 15.3 Å². The Balaban J connectivity index is 1.43. The van der Waals surface area contributed by atoms with E-state index in [1.165, 1.54) is 31.2 Å². The Morgan fingerprint density at radius 3 is 3.17 bits per heavy atom. The van der Waals surface area contributed by atoms with E-state index in [0.717, 1.165) is 36.9 Å². The maximum Gasteiger partial charge on any atom is 0.134 e. The topological polar surface area (TPSA) is 66.2 Å². The third kappa shape index (κ3) is 2.98. The lowest BCUT2D eigenvalue weighted by Gasteiger charge is -2.29. The second kappa shape index (κ2) is 6.81. The van der Waals surface area contributed by atoms with Crippen LogP contribution in [0.4, 0.5) is 11.6 Å². The van der Waals surface area contributed by atoms with Gasteiger partial charge in [0.15, 0.2) is 0 Å². The van der Waals surface area contributed by atoms with Crippen LogP contribution in [-0.2, 0) is 6.42 Å². The smallest absolute Gasteiger partial charge is 0.134 e. The van der Waals surface area contributed by atoms with Crippen molar-refractivity contribution >= 4 is 11.6 Å². The van der Waals surface area contributed by atoms with E-state index in [-0.39, 0.29) is 0 Å². The number of fused-ring (bicyclic) bond motifs is 1. The van der Waals surface area contributed by atoms with Gasteiger partial charge in [-0.05, 0) is 31.7 Å². The lowest BCUT2D eigenvalue weighted by molar-refractivity contribution is 0.401. The molecule has 4 rings (SSSR count). The summed E-state index contributed by atoms with van der Waals surface area (Å²) in [6.45, 7) is 2.04. The highest BCUT2D eigenvalue weighted by Crippen LogP contribution is 2.31. The van der Waals surface area contributed by atoms with E-state index in [9.17, 15) is 0 Å². The molecule has 0 aromatic carbocycles. The summed E-state index contributed by atoms with van der Waals surface area (Å²) in [6.07, 6.45) is 9.35. The van der Waals surface area contributed by atoms with Crippen LogP contribution in [0.5, 0.6) is 0 Å². The molecule has 0 bridgehead atoms. The van der Waals surface area contributed by atoms with Crippen LogP contribution in [0.3, 0.4) is 0 Å². The lowest BCUT2D eigenvalue weighted by atomic mass is 9.93. The van der Waals surface area contributed by atoms with Crippen molar-refractivity contribution < 1.29 is 4.42 Å². The fourth-order valence-corrected chi connectivity index (χ4v) is 3.97. The van der Waals surface area contributed by atoms with Gasteiger partial charge in [0.1, 0.15) is 23.7 Å². The molecule has 0 radical (unpaired) electrons. The van der Waals surface area contributed by atoms with Gasteiger partial charge < -0.3 is 20.0 Å². The second-order valence-electron chi connectivity index (χ2n) is 6.65. The summed E-state index contributed by atoms with van der Waals surface area (Å²) in [4.78, 5) is 11.1. The summed E-state index contributed by atoms with van der Waals surface area (Å²) in [5, 5.41) is 6.87. The summed E-state index contributed by atoms with van der Waals surface area (Å²) in [5.41, 5.74) is 1.35. The number of nitrogens with one attached hydrogen (secondary N) is 2. The third-order valence-electron chi connectivity index (χ3n) is 5.23. The number of nitrogens with zero attached hydrogens (tertiary/aromatic N) is 3. The van der Waals surface area contributed by atoms with Gasteiger partial charge >= 0.3 is 0 Å². The van der Waals surface area contributed by atoms with Crippen molar-refractivity contribution in [3.8, 4) is 0 Å². The van der Waals surface area contributed by atoms with Gasteiger partial charge in [0.05, 0.1) is 6.26 Å². The quantitative estimate of drug-likeness (QED) is 0.880. The van der Waals surface area contributed by atoms with Crippen molar-refractivity contribution in [1.29, 1.82) is 0 Å². The van der Waals surface area contributed by atoms with Crippen molar-refractivity contribution in [3.05, 3.63) is 36.0 Å². The molecule has 2 atom stereocenters. The number of hydrogen-bond acceptors (Lipinski definition) is 6. The number of anilines is 2. The minimum absolute atomic E-state index is 0.424. The van der Waals surface area contributed by atoms with Gasteiger partial charge in [0, 0.05) is 50.3 Å². The summed E-state index contributed by atoms with van der Waals surface area (Å²) < 4.78 is 5.60. The Bertz CT molecular complexity index is 686. The van der Waals surface area contributed by atoms with E-state index < -0.39 is 0 Å². The van der Waals surface area contributed by atoms with Crippen LogP contribution in [0.1, 0.15) is 43.0 Å². The highest BCUT2D eigenvalue weighted by molar-refractivity contribution is 5.49. The van der Waals surface area contributed by atoms with E-state index in [2.05, 4.69) is 31.6 Å². The fourth-order valence-electron chi connectivity index (χ4n) is 3.97. The van der Waals surface area contributed by atoms with Gasteiger partial charge in [0.25, 0.3) is 0 Å². The second-order valence-corrected chi connectivity index (χ2v) is 6.65. The molecule has 6 heteroatoms. The zero-order chi connectivity index (χ0) is 16.4. The number of aromatic nitrogens is 2. The van der Waals surface area contributed by atoms with Crippen molar-refractivity contribution in [3.63, 3.8) is 0 Å². The highest BCUT2D eigenvalue weighted by atomic mass is 16.3. The van der Waals surface area contributed by atoms with Crippen LogP contribution in [0.2, 0.25) is 0 Å². The van der Waals surface area contributed by atoms with Crippen LogP contribution in [0.25, 0.3) is 0 Å². The number of furan rings is 1. The van der Waals surface area contributed by atoms with E-state index in [1.807, 2.05) is 19.4 Å². The first-order chi connectivity index (χ1) is 11.8. The summed E-state index contributed by atoms with van der Waals surface area (Å²) >= 11 is 0. The van der Waals surface area contributed by atoms with Gasteiger partial charge in [-0.2, -0.15) is 0 Å². The van der Waals surface area contributed by atoms with Crippen LogP contribution in [0.15, 0.2) is 29.1 Å². The van der Waals surface area contributed by atoms with E-state index in [0.29, 0.717) is 12.1 Å². The summed E-state index contributed by atoms with van der Waals surface area (Å²) in [7, 11) is 1.89. The Labute approximate surface area is 142 Å². The Hall–Kier alpha value is -2.08. The molecule has 2 unspecified atom stereocenters. The molecule has 1 aliphatic carbocycles. The summed E-state index contributed by atoms with van der Waals surface area (Å²) in [6, 6.07) is 5.07. The molecule has 0 spiro atoms. The summed E-state index contributed by atoms with van der Waals surface area (Å²) in [5.74, 6) is 3.05. The average molecular weight is 327 g/mol. The molecule has 1 aliphatic heterocycles. The Morgan fingerprint density at radius 1 is 1.29 bits per heavy atom. The average Bonchev–Trinajstić information content (AvgIpc) is 3.29. The minimum atomic E-state index is 0.424. The van der Waals surface area contributed by atoms with E-state index in [1.54, 1.807) is 6.33 Å². The molecule has 1 saturated heterocycles. The van der Waals surface area contributed by atoms with Gasteiger partial charge in [-0.15, -0.1) is 0 Å². The van der Waals surface area contributed by atoms with Crippen LogP contribution < -0.4 is 15.5 Å². The fraction of sp³-hybridized carbons (Fsp3) is 0.556. The van der Waals surface area contributed by atoms with Gasteiger partial charge in [-0.1, -0.05) is 0 Å². The number of hydrogen-bond donors (Lipinski definition) is 2. The monoisotopic (exact) mass is 327 g/mol. The molecular weight excluding hydrogens is 302 g/mol. The van der Waals surface area contributed by atoms with Crippen LogP contribution in [0, 0.1) is 0 Å². The van der Waals surface area contributed by atoms with E-state index in [4.69, 9.17) is 4.42 Å². The minimum Gasteiger partial charge on any atom is -0.469 e. The van der Waals surface area contributed by atoms with Crippen molar-refractivity contribution in [2.45, 2.75) is 44.2 Å². The molecule has 2 aliphatic rings. The predicted molar refractivity (Wildman–Crippen MR) is 94.3 cm³/mol. The van der Waals surface area contributed by atoms with Crippen LogP contribution >= 0.6 is 0 Å². The van der Waals surface area contributed by atoms with Gasteiger partial charge in [-0.3, -0.25) is 0 Å². The molecule has 128 valence electrons. The Kier molecular flexibility index (Phi) is 4.38. The van der Waals surface area contributed by atoms with Gasteiger partial charge in [0.2, 0.25) is 0 Å². The zero-order valence-corrected chi connectivity index (χ0v) is 14.2. The number of rotatable bonds is 5. The molecular formula is C18H25N5O. The lowest BCUT2D eigenvalue weighted by Crippen LogP contribution is -2.40. The first-order valence-electron chi connectivity index (χ1n) is 8.91. The van der Waals surface area contributed by atoms with Crippen LogP contribution in [-0.4, -0.2) is 36.1 Å². The standard InChI is InChI=1S/C18H25N5O/c1-19-17-10-18(22-12-21-17)23-8-3-4-13(23)11-20-15-5-2-6-16-14(15)7-9-24-16/h7,9-10,12-13,15,20H,2-6,8,11H2,1H3,(H,19,21,22). The van der Waals surface area contributed by atoms with Gasteiger partial charge in [-0.25, -0.2) is 9.97 Å². The maximum absolute atomic E-state index is 5.60. The Morgan fingerprint density at radius 2 is 2.25 bits per heavy atom. The maximum atomic E-state index is 5.60. The largest absolute Gasteiger partial charge is 0.469 e. The zero-order valence-electron chi connectivity index (χ0n) is 14.2. The highest BCUT2D eigenvalue weighted by Gasteiger charge is 2.28. The van der Waals surface area contributed by atoms with Crippen molar-refractivity contribution in [2.24, 2.45) is 0 Å². The molecule has 2 aromatic rings. The molecule has 3 heterocycles. The number of aryl methyl sites for hydroxylation is 1. The predicted octanol–water partition coefficient (Wildman–Crippen LogP) is 2.75. The SMILES string of the molecule is CNc1cc(N2CCCC2CNC2CCCc3occc32)ncn1. The molecule has 24 heavy (non-hydrogen) atoms. The van der Waals surface area contributed by atoms with Crippen molar-refractivity contribution in [2.75, 3.05) is 30.4 Å². The molecule has 0 amide bonds. The molecule has 0 saturated carbocycles. The molecule has 6 nitrogen and oxygen atoms in total. The normalized spacial score (nSPS) is 23.3. The third-order valence-corrected chi connectivity index (χ3v) is 5.23. The first-order valence-corrected chi connectivity index (χ1v) is 8.91. The molecule has 2 aromatic heterocycles. The first kappa shape index (κ1) is 15.4. The molecule has 2 N–H and O–H groups in total.